The zero-order chi connectivity index (χ0) is 66.3. The van der Waals surface area contributed by atoms with E-state index in [1.807, 2.05) is 159 Å². The third kappa shape index (κ3) is 152. The number of nitrogens with zero attached hydrogens (tertiary/aromatic N) is 1. The van der Waals surface area contributed by atoms with E-state index in [9.17, 15) is 24.0 Å². The van der Waals surface area contributed by atoms with E-state index in [1.54, 1.807) is 70.9 Å². The van der Waals surface area contributed by atoms with Crippen molar-refractivity contribution in [2.45, 2.75) is 246 Å². The van der Waals surface area contributed by atoms with Crippen molar-refractivity contribution in [3.63, 3.8) is 0 Å². The largest absolute Gasteiger partial charge is 0.473 e. The second kappa shape index (κ2) is 82.6. The lowest BCUT2D eigenvalue weighted by Gasteiger charge is -1.90. The van der Waals surface area contributed by atoms with Crippen LogP contribution in [0.15, 0.2) is 143 Å². The Labute approximate surface area is 515 Å². The van der Waals surface area contributed by atoms with Crippen LogP contribution >= 0.6 is 11.3 Å². The summed E-state index contributed by atoms with van der Waals surface area (Å²) < 4.78 is 4.58. The van der Waals surface area contributed by atoms with Gasteiger partial charge in [-0.05, 0) is 106 Å². The fourth-order valence-corrected chi connectivity index (χ4v) is 2.00. The van der Waals surface area contributed by atoms with E-state index in [4.69, 9.17) is 0 Å². The predicted molar refractivity (Wildman–Crippen MR) is 370 cm³/mol. The number of hydrogen-bond acceptors (Lipinski definition) is 8. The monoisotopic (exact) mass is 1170 g/mol. The molecule has 0 amide bonds. The number of hydrogen-bond donors (Lipinski definition) is 0. The van der Waals surface area contributed by atoms with E-state index in [-0.39, 0.29) is 58.5 Å². The van der Waals surface area contributed by atoms with Gasteiger partial charge in [0.15, 0.2) is 0 Å². The third-order valence-corrected chi connectivity index (χ3v) is 11.5. The zero-order valence-electron chi connectivity index (χ0n) is 59.1. The Balaban J connectivity index is -0.0000000847. The molecule has 82 heavy (non-hydrogen) atoms. The van der Waals surface area contributed by atoms with Crippen molar-refractivity contribution in [2.75, 3.05) is 0 Å². The second-order valence-electron chi connectivity index (χ2n) is 22.7. The fourth-order valence-electron chi connectivity index (χ4n) is 1.54. The van der Waals surface area contributed by atoms with Gasteiger partial charge in [-0.2, -0.15) is 11.3 Å². The maximum atomic E-state index is 10.1. The predicted octanol–water partition coefficient (Wildman–Crippen LogP) is 23.7. The standard InChI is InChI=1S/C6H6.C5H5N.5C5H10O.C5H6.5C5H12.C4H4O.C4H4S/c2*1-2-4-6-5-3-1;5*1-4(2)5(3)6;1-2-4-5-3-1;5*1-4-5(2)3;2*1-2-4-5-3-1/h1-6H;1-5H;5*4H,1-3H3;1-4H,5H2;5*5H,4H2,1-3H3;2*1-4H. The second-order valence-corrected chi connectivity index (χ2v) is 23.5. The Bertz CT molecular complexity index is 1480. The highest BCUT2D eigenvalue weighted by Gasteiger charge is 1.97. The van der Waals surface area contributed by atoms with Crippen molar-refractivity contribution in [3.05, 3.63) is 139 Å². The maximum Gasteiger partial charge on any atom is 0.132 e. The van der Waals surface area contributed by atoms with Crippen molar-refractivity contribution in [3.8, 4) is 0 Å². The average molecular weight is 1170 g/mol. The van der Waals surface area contributed by atoms with Gasteiger partial charge in [-0.25, -0.2) is 0 Å². The van der Waals surface area contributed by atoms with E-state index in [1.165, 1.54) is 32.1 Å². The molecule has 5 rings (SSSR count). The Morgan fingerprint density at radius 2 is 0.524 bits per heavy atom. The van der Waals surface area contributed by atoms with E-state index in [0.717, 1.165) is 36.0 Å². The highest BCUT2D eigenvalue weighted by Crippen LogP contribution is 1.98. The number of furan rings is 1. The van der Waals surface area contributed by atoms with Crippen LogP contribution in [0.4, 0.5) is 0 Å². The van der Waals surface area contributed by atoms with Crippen molar-refractivity contribution in [1.29, 1.82) is 0 Å². The van der Waals surface area contributed by atoms with Crippen LogP contribution in [0.3, 0.4) is 0 Å². The molecular formula is C74H135NO6S. The first kappa shape index (κ1) is 99.2. The number of benzene rings is 1. The molecular weight excluding hydrogens is 1030 g/mol. The minimum absolute atomic E-state index is 0.213. The van der Waals surface area contributed by atoms with E-state index < -0.39 is 0 Å². The summed E-state index contributed by atoms with van der Waals surface area (Å²) in [6.07, 6.45) is 22.8. The van der Waals surface area contributed by atoms with Crippen LogP contribution in [0, 0.1) is 59.2 Å². The molecule has 7 nitrogen and oxygen atoms in total. The van der Waals surface area contributed by atoms with Gasteiger partial charge >= 0.3 is 0 Å². The molecule has 0 atom stereocenters. The molecule has 1 aromatic carbocycles. The van der Waals surface area contributed by atoms with Crippen molar-refractivity contribution in [2.24, 2.45) is 59.2 Å². The molecule has 0 radical (unpaired) electrons. The molecule has 3 aromatic heterocycles. The summed E-state index contributed by atoms with van der Waals surface area (Å²) in [5.74, 6) is 6.78. The van der Waals surface area contributed by atoms with Gasteiger partial charge in [-0.3, -0.25) is 29.0 Å². The Morgan fingerprint density at radius 1 is 0.341 bits per heavy atom. The van der Waals surface area contributed by atoms with Gasteiger partial charge in [0.05, 0.1) is 12.5 Å². The Hall–Kier alpha value is -4.82. The van der Waals surface area contributed by atoms with Crippen LogP contribution in [0.2, 0.25) is 0 Å². The molecule has 0 spiro atoms. The first-order valence-electron chi connectivity index (χ1n) is 30.7. The number of carbonyl (C=O) groups excluding carboxylic acids is 5. The molecule has 1 aliphatic rings. The Kier molecular flexibility index (Phi) is 100. The highest BCUT2D eigenvalue weighted by atomic mass is 32.1. The summed E-state index contributed by atoms with van der Waals surface area (Å²) in [5.41, 5.74) is 0. The van der Waals surface area contributed by atoms with Crippen LogP contribution in [-0.2, 0) is 24.0 Å². The van der Waals surface area contributed by atoms with Crippen LogP contribution < -0.4 is 0 Å². The van der Waals surface area contributed by atoms with Crippen molar-refractivity contribution in [1.82, 2.24) is 4.98 Å². The lowest BCUT2D eigenvalue weighted by atomic mass is 10.1. The SMILES string of the molecule is C1=CCC=C1.CC(=O)C(C)C.CC(=O)C(C)C.CC(=O)C(C)C.CC(=O)C(C)C.CC(=O)C(C)C.CCC(C)C.CCC(C)C.CCC(C)C.CCC(C)C.CCC(C)C.c1ccccc1.c1ccncc1.c1ccoc1.c1ccsc1. The van der Waals surface area contributed by atoms with Gasteiger partial charge < -0.3 is 4.42 Å². The lowest BCUT2D eigenvalue weighted by Crippen LogP contribution is -1.98. The molecule has 4 aromatic rings. The number of aromatic nitrogens is 1. The summed E-state index contributed by atoms with van der Waals surface area (Å²) in [6.45, 7) is 60.1. The number of carbonyl (C=O) groups is 5. The topological polar surface area (TPSA) is 111 Å². The van der Waals surface area contributed by atoms with Crippen molar-refractivity contribution < 1.29 is 28.4 Å². The Morgan fingerprint density at radius 3 is 0.585 bits per heavy atom. The minimum Gasteiger partial charge on any atom is -0.473 e. The van der Waals surface area contributed by atoms with Gasteiger partial charge in [0.2, 0.25) is 0 Å². The van der Waals surface area contributed by atoms with Gasteiger partial charge in [0, 0.05) is 42.0 Å². The van der Waals surface area contributed by atoms with Crippen LogP contribution in [-0.4, -0.2) is 33.9 Å². The lowest BCUT2D eigenvalue weighted by molar-refractivity contribution is -0.120. The number of pyridine rings is 1. The number of allylic oxidation sites excluding steroid dienone is 4. The van der Waals surface area contributed by atoms with E-state index in [2.05, 4.69) is 138 Å². The van der Waals surface area contributed by atoms with E-state index in [0.29, 0.717) is 0 Å². The molecule has 0 aliphatic heterocycles. The zero-order valence-corrected chi connectivity index (χ0v) is 59.9. The fraction of sp³-hybridized carbons (Fsp3) is 0.622. The molecule has 478 valence electrons. The molecule has 0 N–H and O–H groups in total. The first-order chi connectivity index (χ1) is 38.1. The molecule has 8 heteroatoms. The number of thiophene rings is 1. The van der Waals surface area contributed by atoms with Gasteiger partial charge in [-0.1, -0.05) is 284 Å². The van der Waals surface area contributed by atoms with Crippen LogP contribution in [0.5, 0.6) is 0 Å². The minimum atomic E-state index is 0.213. The molecule has 0 bridgehead atoms. The van der Waals surface area contributed by atoms with Gasteiger partial charge in [-0.15, -0.1) is 0 Å². The molecule has 0 fully saturated rings. The van der Waals surface area contributed by atoms with Crippen LogP contribution in [0.25, 0.3) is 0 Å². The summed E-state index contributed by atoms with van der Waals surface area (Å²) in [4.78, 5) is 54.5. The first-order valence-corrected chi connectivity index (χ1v) is 31.6. The van der Waals surface area contributed by atoms with E-state index >= 15 is 0 Å². The number of rotatable bonds is 10. The summed E-state index contributed by atoms with van der Waals surface area (Å²) in [7, 11) is 0. The molecule has 0 unspecified atom stereocenters. The molecule has 0 saturated carbocycles. The normalized spacial score (nSPS) is 9.56. The van der Waals surface area contributed by atoms with Gasteiger partial charge in [0.25, 0.3) is 0 Å². The van der Waals surface area contributed by atoms with Crippen molar-refractivity contribution >= 4 is 40.3 Å². The molecule has 3 heterocycles. The summed E-state index contributed by atoms with van der Waals surface area (Å²) in [5, 5.41) is 4.08. The molecule has 0 saturated heterocycles. The quantitative estimate of drug-likeness (QED) is 0.155. The summed E-state index contributed by atoms with van der Waals surface area (Å²) in [6, 6.07) is 25.4. The van der Waals surface area contributed by atoms with Crippen LogP contribution in [0.1, 0.15) is 246 Å². The highest BCUT2D eigenvalue weighted by molar-refractivity contribution is 7.07. The maximum absolute atomic E-state index is 10.1. The average Bonchev–Trinajstić information content (AvgIpc) is 4.31. The number of Topliss-reactive ketones (excluding diaryl/α,β-unsaturated/α-hetero) is 5. The third-order valence-electron chi connectivity index (χ3n) is 10.9. The summed E-state index contributed by atoms with van der Waals surface area (Å²) >= 11 is 1.71. The smallest absolute Gasteiger partial charge is 0.132 e. The molecule has 1 aliphatic carbocycles. The van der Waals surface area contributed by atoms with Gasteiger partial charge in [0.1, 0.15) is 28.9 Å². The number of ketones is 5.